The first-order valence-electron chi connectivity index (χ1n) is 8.41. The highest BCUT2D eigenvalue weighted by molar-refractivity contribution is 7.89. The molecule has 2 aliphatic rings. The standard InChI is InChI=1S/C15H31N3O2S/c1-14(2)16-7-12-21(19,20)18-10-5-15(6-11-18)13-17-8-3-4-9-17/h14-16H,3-13H2,1-2H3. The summed E-state index contributed by atoms with van der Waals surface area (Å²) < 4.78 is 26.3. The smallest absolute Gasteiger partial charge is 0.215 e. The van der Waals surface area contributed by atoms with Crippen molar-refractivity contribution in [1.82, 2.24) is 14.5 Å². The maximum absolute atomic E-state index is 12.3. The van der Waals surface area contributed by atoms with E-state index in [2.05, 4.69) is 10.2 Å². The number of nitrogens with one attached hydrogen (secondary N) is 1. The van der Waals surface area contributed by atoms with Gasteiger partial charge >= 0.3 is 0 Å². The summed E-state index contributed by atoms with van der Waals surface area (Å²) in [6.45, 7) is 9.69. The van der Waals surface area contributed by atoms with E-state index in [0.717, 1.165) is 12.8 Å². The van der Waals surface area contributed by atoms with Gasteiger partial charge in [0.05, 0.1) is 5.75 Å². The molecule has 5 nitrogen and oxygen atoms in total. The van der Waals surface area contributed by atoms with Crippen LogP contribution < -0.4 is 5.32 Å². The monoisotopic (exact) mass is 317 g/mol. The third-order valence-electron chi connectivity index (χ3n) is 4.59. The van der Waals surface area contributed by atoms with Crippen LogP contribution in [-0.2, 0) is 10.0 Å². The Balaban J connectivity index is 1.71. The van der Waals surface area contributed by atoms with Crippen LogP contribution in [0.4, 0.5) is 0 Å². The molecule has 6 heteroatoms. The fourth-order valence-electron chi connectivity index (χ4n) is 3.31. The second kappa shape index (κ2) is 7.90. The fraction of sp³-hybridized carbons (Fsp3) is 1.00. The lowest BCUT2D eigenvalue weighted by Gasteiger charge is -2.33. The van der Waals surface area contributed by atoms with E-state index in [9.17, 15) is 8.42 Å². The molecular weight excluding hydrogens is 286 g/mol. The quantitative estimate of drug-likeness (QED) is 0.764. The third-order valence-corrected chi connectivity index (χ3v) is 6.47. The molecular formula is C15H31N3O2S. The summed E-state index contributed by atoms with van der Waals surface area (Å²) in [5.74, 6) is 0.908. The molecule has 2 saturated heterocycles. The van der Waals surface area contributed by atoms with Gasteiger partial charge in [-0.3, -0.25) is 0 Å². The second-order valence-corrected chi connectivity index (χ2v) is 8.86. The van der Waals surface area contributed by atoms with Gasteiger partial charge in [0.1, 0.15) is 0 Å². The molecule has 2 aliphatic heterocycles. The van der Waals surface area contributed by atoms with Gasteiger partial charge in [-0.15, -0.1) is 0 Å². The van der Waals surface area contributed by atoms with E-state index < -0.39 is 10.0 Å². The van der Waals surface area contributed by atoms with Crippen LogP contribution >= 0.6 is 0 Å². The maximum Gasteiger partial charge on any atom is 0.215 e. The molecule has 124 valence electrons. The van der Waals surface area contributed by atoms with Crippen molar-refractivity contribution in [3.8, 4) is 0 Å². The van der Waals surface area contributed by atoms with Crippen molar-refractivity contribution in [3.63, 3.8) is 0 Å². The third kappa shape index (κ3) is 5.51. The van der Waals surface area contributed by atoms with E-state index >= 15 is 0 Å². The first kappa shape index (κ1) is 17.2. The summed E-state index contributed by atoms with van der Waals surface area (Å²) >= 11 is 0. The van der Waals surface area contributed by atoms with E-state index in [-0.39, 0.29) is 5.75 Å². The molecule has 2 fully saturated rings. The first-order valence-corrected chi connectivity index (χ1v) is 10.0. The largest absolute Gasteiger partial charge is 0.313 e. The molecule has 0 aromatic heterocycles. The lowest BCUT2D eigenvalue weighted by molar-refractivity contribution is 0.206. The zero-order valence-electron chi connectivity index (χ0n) is 13.6. The van der Waals surface area contributed by atoms with Crippen LogP contribution in [0.3, 0.4) is 0 Å². The summed E-state index contributed by atoms with van der Waals surface area (Å²) in [6, 6.07) is 0.339. The summed E-state index contributed by atoms with van der Waals surface area (Å²) in [5, 5.41) is 3.19. The zero-order valence-corrected chi connectivity index (χ0v) is 14.4. The molecule has 1 N–H and O–H groups in total. The van der Waals surface area contributed by atoms with Crippen molar-refractivity contribution in [2.45, 2.75) is 45.6 Å². The number of nitrogens with zero attached hydrogens (tertiary/aromatic N) is 2. The number of rotatable bonds is 7. The molecule has 0 bridgehead atoms. The van der Waals surface area contributed by atoms with Gasteiger partial charge in [-0.05, 0) is 44.7 Å². The summed E-state index contributed by atoms with van der Waals surface area (Å²) in [6.07, 6.45) is 4.70. The average Bonchev–Trinajstić information content (AvgIpc) is 2.91. The van der Waals surface area contributed by atoms with Crippen molar-refractivity contribution < 1.29 is 8.42 Å². The summed E-state index contributed by atoms with van der Waals surface area (Å²) in [5.41, 5.74) is 0. The SMILES string of the molecule is CC(C)NCCS(=O)(=O)N1CCC(CN2CCCC2)CC1. The van der Waals surface area contributed by atoms with Crippen molar-refractivity contribution in [1.29, 1.82) is 0 Å². The average molecular weight is 317 g/mol. The Kier molecular flexibility index (Phi) is 6.47. The lowest BCUT2D eigenvalue weighted by Crippen LogP contribution is -2.43. The minimum Gasteiger partial charge on any atom is -0.313 e. The van der Waals surface area contributed by atoms with E-state index in [4.69, 9.17) is 0 Å². The normalized spacial score (nSPS) is 23.2. The minimum atomic E-state index is -3.07. The van der Waals surface area contributed by atoms with E-state index in [1.807, 2.05) is 13.8 Å². The van der Waals surface area contributed by atoms with Crippen LogP contribution in [0.15, 0.2) is 0 Å². The van der Waals surface area contributed by atoms with Crippen LogP contribution in [-0.4, -0.2) is 68.7 Å². The Bertz CT molecular complexity index is 397. The van der Waals surface area contributed by atoms with Crippen molar-refractivity contribution in [2.24, 2.45) is 5.92 Å². The highest BCUT2D eigenvalue weighted by Gasteiger charge is 2.28. The van der Waals surface area contributed by atoms with Crippen LogP contribution in [0.2, 0.25) is 0 Å². The second-order valence-electron chi connectivity index (χ2n) is 6.77. The molecule has 0 aliphatic carbocycles. The minimum absolute atomic E-state index is 0.224. The number of piperidine rings is 1. The molecule has 0 atom stereocenters. The van der Waals surface area contributed by atoms with Gasteiger partial charge in [-0.25, -0.2) is 12.7 Å². The summed E-state index contributed by atoms with van der Waals surface area (Å²) in [4.78, 5) is 2.54. The van der Waals surface area contributed by atoms with Crippen molar-refractivity contribution in [3.05, 3.63) is 0 Å². The van der Waals surface area contributed by atoms with E-state index in [0.29, 0.717) is 31.6 Å². The predicted octanol–water partition coefficient (Wildman–Crippen LogP) is 1.12. The van der Waals surface area contributed by atoms with Crippen LogP contribution in [0, 0.1) is 5.92 Å². The highest BCUT2D eigenvalue weighted by atomic mass is 32.2. The van der Waals surface area contributed by atoms with Crippen molar-refractivity contribution >= 4 is 10.0 Å². The van der Waals surface area contributed by atoms with Gasteiger partial charge in [0.25, 0.3) is 0 Å². The highest BCUT2D eigenvalue weighted by Crippen LogP contribution is 2.22. The van der Waals surface area contributed by atoms with E-state index in [1.165, 1.54) is 32.5 Å². The molecule has 21 heavy (non-hydrogen) atoms. The van der Waals surface area contributed by atoms with Crippen molar-refractivity contribution in [2.75, 3.05) is 45.0 Å². The molecule has 0 unspecified atom stereocenters. The molecule has 0 radical (unpaired) electrons. The Morgan fingerprint density at radius 2 is 1.71 bits per heavy atom. The Hall–Kier alpha value is -0.170. The van der Waals surface area contributed by atoms with Gasteiger partial charge in [0.2, 0.25) is 10.0 Å². The van der Waals surface area contributed by atoms with Crippen LogP contribution in [0.25, 0.3) is 0 Å². The Morgan fingerprint density at radius 3 is 2.29 bits per heavy atom. The predicted molar refractivity (Wildman–Crippen MR) is 86.9 cm³/mol. The number of hydrogen-bond donors (Lipinski definition) is 1. The fourth-order valence-corrected chi connectivity index (χ4v) is 4.71. The molecule has 2 rings (SSSR count). The van der Waals surface area contributed by atoms with Gasteiger partial charge in [-0.2, -0.15) is 0 Å². The van der Waals surface area contributed by atoms with Gasteiger partial charge in [0, 0.05) is 32.2 Å². The molecule has 0 saturated carbocycles. The Morgan fingerprint density at radius 1 is 1.10 bits per heavy atom. The first-order chi connectivity index (χ1) is 9.97. The maximum atomic E-state index is 12.3. The summed E-state index contributed by atoms with van der Waals surface area (Å²) in [7, 11) is -3.07. The Labute approximate surface area is 130 Å². The molecule has 0 aromatic rings. The molecule has 2 heterocycles. The number of hydrogen-bond acceptors (Lipinski definition) is 4. The molecule has 0 spiro atoms. The van der Waals surface area contributed by atoms with Crippen LogP contribution in [0.5, 0.6) is 0 Å². The molecule has 0 aromatic carbocycles. The van der Waals surface area contributed by atoms with E-state index in [1.54, 1.807) is 4.31 Å². The zero-order chi connectivity index (χ0) is 15.3. The van der Waals surface area contributed by atoms with Gasteiger partial charge in [0.15, 0.2) is 0 Å². The van der Waals surface area contributed by atoms with Gasteiger partial charge in [-0.1, -0.05) is 13.8 Å². The number of sulfonamides is 1. The molecule has 0 amide bonds. The van der Waals surface area contributed by atoms with Crippen LogP contribution in [0.1, 0.15) is 39.5 Å². The number of likely N-dealkylation sites (tertiary alicyclic amines) is 1. The topological polar surface area (TPSA) is 52.7 Å². The lowest BCUT2D eigenvalue weighted by atomic mass is 9.98. The van der Waals surface area contributed by atoms with Gasteiger partial charge < -0.3 is 10.2 Å².